The van der Waals surface area contributed by atoms with Gasteiger partial charge in [-0.1, -0.05) is 37.3 Å². The Hall–Kier alpha value is -0.900. The van der Waals surface area contributed by atoms with Gasteiger partial charge in [0.1, 0.15) is 0 Å². The second-order valence-electron chi connectivity index (χ2n) is 6.35. The summed E-state index contributed by atoms with van der Waals surface area (Å²) in [4.78, 5) is 4.83. The number of aliphatic hydroxyl groups excluding tert-OH is 1. The Bertz CT molecular complexity index is 393. The van der Waals surface area contributed by atoms with Crippen LogP contribution in [0, 0.1) is 5.92 Å². The van der Waals surface area contributed by atoms with Crippen LogP contribution in [0.5, 0.6) is 0 Å². The van der Waals surface area contributed by atoms with Gasteiger partial charge in [0.05, 0.1) is 6.10 Å². The molecular formula is C17H28N2O. The SMILES string of the molecule is CC(CN1CCCC(N(C)C)C1)C(O)c1ccccc1. The number of rotatable bonds is 5. The molecule has 2 rings (SSSR count). The molecule has 3 nitrogen and oxygen atoms in total. The van der Waals surface area contributed by atoms with E-state index in [1.807, 2.05) is 30.3 Å². The molecule has 20 heavy (non-hydrogen) atoms. The minimum absolute atomic E-state index is 0.262. The average Bonchev–Trinajstić information content (AvgIpc) is 2.47. The number of hydrogen-bond acceptors (Lipinski definition) is 3. The fourth-order valence-electron chi connectivity index (χ4n) is 3.10. The first kappa shape index (κ1) is 15.5. The Labute approximate surface area is 123 Å². The van der Waals surface area contributed by atoms with Crippen molar-refractivity contribution in [3.8, 4) is 0 Å². The Balaban J connectivity index is 1.89. The van der Waals surface area contributed by atoms with Gasteiger partial charge >= 0.3 is 0 Å². The van der Waals surface area contributed by atoms with Crippen molar-refractivity contribution in [2.24, 2.45) is 5.92 Å². The molecular weight excluding hydrogens is 248 g/mol. The largest absolute Gasteiger partial charge is 0.388 e. The second kappa shape index (κ2) is 7.21. The summed E-state index contributed by atoms with van der Waals surface area (Å²) in [6.07, 6.45) is 2.19. The lowest BCUT2D eigenvalue weighted by atomic mass is 9.95. The third-order valence-corrected chi connectivity index (χ3v) is 4.44. The van der Waals surface area contributed by atoms with Crippen LogP contribution in [-0.2, 0) is 0 Å². The highest BCUT2D eigenvalue weighted by Crippen LogP contribution is 2.24. The van der Waals surface area contributed by atoms with Gasteiger partial charge in [-0.2, -0.15) is 0 Å². The van der Waals surface area contributed by atoms with Crippen LogP contribution < -0.4 is 0 Å². The average molecular weight is 276 g/mol. The fraction of sp³-hybridized carbons (Fsp3) is 0.647. The molecule has 1 fully saturated rings. The van der Waals surface area contributed by atoms with Gasteiger partial charge in [0.25, 0.3) is 0 Å². The molecule has 1 saturated heterocycles. The maximum absolute atomic E-state index is 10.5. The first-order chi connectivity index (χ1) is 9.58. The van der Waals surface area contributed by atoms with Crippen LogP contribution in [0.4, 0.5) is 0 Å². The maximum atomic E-state index is 10.5. The monoisotopic (exact) mass is 276 g/mol. The highest BCUT2D eigenvalue weighted by molar-refractivity contribution is 5.17. The van der Waals surface area contributed by atoms with Crippen molar-refractivity contribution >= 4 is 0 Å². The molecule has 112 valence electrons. The van der Waals surface area contributed by atoms with Crippen molar-refractivity contribution in [2.75, 3.05) is 33.7 Å². The third-order valence-electron chi connectivity index (χ3n) is 4.44. The number of likely N-dealkylation sites (N-methyl/N-ethyl adjacent to an activating group) is 1. The highest BCUT2D eigenvalue weighted by atomic mass is 16.3. The zero-order valence-corrected chi connectivity index (χ0v) is 13.0. The molecule has 3 atom stereocenters. The number of hydrogen-bond donors (Lipinski definition) is 1. The van der Waals surface area contributed by atoms with Gasteiger partial charge < -0.3 is 14.9 Å². The molecule has 0 saturated carbocycles. The Morgan fingerprint density at radius 2 is 2.00 bits per heavy atom. The van der Waals surface area contributed by atoms with E-state index in [0.29, 0.717) is 6.04 Å². The standard InChI is InChI=1S/C17H28N2O/c1-14(17(20)15-8-5-4-6-9-15)12-19-11-7-10-16(13-19)18(2)3/h4-6,8-9,14,16-17,20H,7,10-13H2,1-3H3. The number of likely N-dealkylation sites (tertiary alicyclic amines) is 1. The zero-order valence-electron chi connectivity index (χ0n) is 13.0. The van der Waals surface area contributed by atoms with Crippen LogP contribution in [-0.4, -0.2) is 54.7 Å². The molecule has 1 N–H and O–H groups in total. The molecule has 1 aliphatic rings. The molecule has 0 aromatic heterocycles. The normalized spacial score (nSPS) is 23.8. The number of nitrogens with zero attached hydrogens (tertiary/aromatic N) is 2. The van der Waals surface area contributed by atoms with E-state index in [0.717, 1.165) is 25.2 Å². The smallest absolute Gasteiger partial charge is 0.0827 e. The summed E-state index contributed by atoms with van der Waals surface area (Å²) in [7, 11) is 4.33. The van der Waals surface area contributed by atoms with E-state index in [2.05, 4.69) is 30.8 Å². The first-order valence-corrected chi connectivity index (χ1v) is 7.69. The molecule has 1 aliphatic heterocycles. The first-order valence-electron chi connectivity index (χ1n) is 7.69. The quantitative estimate of drug-likeness (QED) is 0.894. The lowest BCUT2D eigenvalue weighted by Crippen LogP contribution is -2.46. The topological polar surface area (TPSA) is 26.7 Å². The lowest BCUT2D eigenvalue weighted by molar-refractivity contribution is 0.0643. The molecule has 1 aromatic carbocycles. The molecule has 0 bridgehead atoms. The summed E-state index contributed by atoms with van der Waals surface area (Å²) in [5.74, 6) is 0.262. The van der Waals surface area contributed by atoms with Gasteiger partial charge in [-0.05, 0) is 45.0 Å². The van der Waals surface area contributed by atoms with Crippen LogP contribution in [0.15, 0.2) is 30.3 Å². The van der Waals surface area contributed by atoms with Gasteiger partial charge in [-0.25, -0.2) is 0 Å². The molecule has 1 aromatic rings. The summed E-state index contributed by atoms with van der Waals surface area (Å²) in [6, 6.07) is 10.7. The molecule has 0 amide bonds. The van der Waals surface area contributed by atoms with E-state index in [4.69, 9.17) is 0 Å². The van der Waals surface area contributed by atoms with E-state index in [-0.39, 0.29) is 12.0 Å². The Morgan fingerprint density at radius 3 is 2.65 bits per heavy atom. The van der Waals surface area contributed by atoms with Crippen molar-refractivity contribution in [3.05, 3.63) is 35.9 Å². The van der Waals surface area contributed by atoms with Gasteiger partial charge in [0, 0.05) is 19.1 Å². The minimum atomic E-state index is -0.365. The van der Waals surface area contributed by atoms with Crippen LogP contribution in [0.1, 0.15) is 31.4 Å². The predicted octanol–water partition coefficient (Wildman–Crippen LogP) is 2.38. The fourth-order valence-corrected chi connectivity index (χ4v) is 3.10. The van der Waals surface area contributed by atoms with E-state index in [9.17, 15) is 5.11 Å². The zero-order chi connectivity index (χ0) is 14.5. The second-order valence-corrected chi connectivity index (χ2v) is 6.35. The van der Waals surface area contributed by atoms with Crippen molar-refractivity contribution in [1.82, 2.24) is 9.80 Å². The van der Waals surface area contributed by atoms with E-state index in [1.54, 1.807) is 0 Å². The van der Waals surface area contributed by atoms with Gasteiger partial charge in [-0.15, -0.1) is 0 Å². The van der Waals surface area contributed by atoms with Crippen LogP contribution in [0.3, 0.4) is 0 Å². The number of piperidine rings is 1. The summed E-state index contributed by atoms with van der Waals surface area (Å²) in [5.41, 5.74) is 1.03. The lowest BCUT2D eigenvalue weighted by Gasteiger charge is -2.38. The van der Waals surface area contributed by atoms with Crippen molar-refractivity contribution in [2.45, 2.75) is 31.9 Å². The van der Waals surface area contributed by atoms with Crippen LogP contribution >= 0.6 is 0 Å². The number of benzene rings is 1. The summed E-state index contributed by atoms with van der Waals surface area (Å²) in [6.45, 7) is 5.41. The highest BCUT2D eigenvalue weighted by Gasteiger charge is 2.25. The third kappa shape index (κ3) is 4.05. The Morgan fingerprint density at radius 1 is 1.30 bits per heavy atom. The van der Waals surface area contributed by atoms with Gasteiger partial charge in [0.2, 0.25) is 0 Å². The van der Waals surface area contributed by atoms with Crippen molar-refractivity contribution in [1.29, 1.82) is 0 Å². The molecule has 3 unspecified atom stereocenters. The molecule has 1 heterocycles. The molecule has 0 spiro atoms. The molecule has 0 aliphatic carbocycles. The summed E-state index contributed by atoms with van der Waals surface area (Å²) < 4.78 is 0. The van der Waals surface area contributed by atoms with Gasteiger partial charge in [-0.3, -0.25) is 0 Å². The number of aliphatic hydroxyl groups is 1. The van der Waals surface area contributed by atoms with E-state index in [1.165, 1.54) is 12.8 Å². The predicted molar refractivity (Wildman–Crippen MR) is 83.7 cm³/mol. The van der Waals surface area contributed by atoms with E-state index >= 15 is 0 Å². The van der Waals surface area contributed by atoms with Crippen LogP contribution in [0.25, 0.3) is 0 Å². The van der Waals surface area contributed by atoms with Crippen LogP contribution in [0.2, 0.25) is 0 Å². The van der Waals surface area contributed by atoms with Crippen molar-refractivity contribution in [3.63, 3.8) is 0 Å². The summed E-state index contributed by atoms with van der Waals surface area (Å²) >= 11 is 0. The van der Waals surface area contributed by atoms with E-state index < -0.39 is 0 Å². The van der Waals surface area contributed by atoms with Gasteiger partial charge in [0.15, 0.2) is 0 Å². The van der Waals surface area contributed by atoms with Crippen molar-refractivity contribution < 1.29 is 5.11 Å². The molecule has 0 radical (unpaired) electrons. The minimum Gasteiger partial charge on any atom is -0.388 e. The molecule has 3 heteroatoms. The maximum Gasteiger partial charge on any atom is 0.0827 e. The summed E-state index contributed by atoms with van der Waals surface area (Å²) in [5, 5.41) is 10.5. The Kier molecular flexibility index (Phi) is 5.58.